The summed E-state index contributed by atoms with van der Waals surface area (Å²) in [7, 11) is 0. The Morgan fingerprint density at radius 3 is 1.28 bits per heavy atom. The highest BCUT2D eigenvalue weighted by atomic mass is 16.6. The van der Waals surface area contributed by atoms with Gasteiger partial charge in [-0.1, -0.05) is 6.92 Å². The first kappa shape index (κ1) is 46.3. The molecule has 356 valence electrons. The van der Waals surface area contributed by atoms with Crippen LogP contribution in [-0.4, -0.2) is 109 Å². The summed E-state index contributed by atoms with van der Waals surface area (Å²) in [6.45, 7) is 20.4. The Morgan fingerprint density at radius 2 is 0.875 bits per heavy atom. The second-order valence-corrected chi connectivity index (χ2v) is 22.2. The van der Waals surface area contributed by atoms with Crippen LogP contribution < -0.4 is 0 Å². The van der Waals surface area contributed by atoms with Gasteiger partial charge in [0.25, 0.3) is 0 Å². The van der Waals surface area contributed by atoms with Crippen molar-refractivity contribution in [2.24, 2.45) is 35.0 Å². The number of allylic oxidation sites excluding steroid dienone is 2. The quantitative estimate of drug-likeness (QED) is 0.0290. The van der Waals surface area contributed by atoms with Crippen LogP contribution in [0.15, 0.2) is 22.3 Å². The molecule has 0 aromatic heterocycles. The average Bonchev–Trinajstić information content (AvgIpc) is 3.95. The Kier molecular flexibility index (Phi) is 11.9. The smallest absolute Gasteiger partial charge is 0.345 e. The van der Waals surface area contributed by atoms with Crippen molar-refractivity contribution in [3.8, 4) is 0 Å². The molecule has 5 aliphatic heterocycles. The van der Waals surface area contributed by atoms with Crippen LogP contribution >= 0.6 is 0 Å². The molecule has 0 aromatic carbocycles. The Labute approximate surface area is 379 Å². The first-order valence-corrected chi connectivity index (χ1v) is 24.8. The van der Waals surface area contributed by atoms with Crippen LogP contribution in [0.4, 0.5) is 0 Å². The van der Waals surface area contributed by atoms with E-state index in [0.717, 1.165) is 51.4 Å². The molecule has 13 nitrogen and oxygen atoms in total. The van der Waals surface area contributed by atoms with E-state index in [-0.39, 0.29) is 84.2 Å². The minimum Gasteiger partial charge on any atom is -0.462 e. The van der Waals surface area contributed by atoms with E-state index in [2.05, 4.69) is 41.5 Å². The number of carbonyl (C=O) groups is 4. The number of fused-ring (bicyclic) bond motifs is 4. The molecule has 4 aliphatic carbocycles. The highest BCUT2D eigenvalue weighted by Gasteiger charge is 2.70. The van der Waals surface area contributed by atoms with E-state index in [9.17, 15) is 19.2 Å². The topological polar surface area (TPSA) is 168 Å². The normalized spacial score (nSPS) is 41.8. The Hall–Kier alpha value is -2.84. The van der Waals surface area contributed by atoms with Gasteiger partial charge in [-0.2, -0.15) is 0 Å². The molecule has 5 saturated heterocycles. The molecule has 0 radical (unpaired) electrons. The van der Waals surface area contributed by atoms with Crippen LogP contribution in [0.25, 0.3) is 0 Å². The molecular formula is C51H74O13. The van der Waals surface area contributed by atoms with E-state index in [4.69, 9.17) is 42.6 Å². The summed E-state index contributed by atoms with van der Waals surface area (Å²) in [5.41, 5.74) is 0.279. The van der Waals surface area contributed by atoms with Crippen molar-refractivity contribution in [2.45, 2.75) is 211 Å². The van der Waals surface area contributed by atoms with Gasteiger partial charge in [-0.15, -0.1) is 0 Å². The molecule has 0 N–H and O–H groups in total. The van der Waals surface area contributed by atoms with Crippen LogP contribution in [0.1, 0.15) is 153 Å². The molecule has 14 unspecified atom stereocenters. The van der Waals surface area contributed by atoms with E-state index in [1.165, 1.54) is 6.42 Å². The largest absolute Gasteiger partial charge is 0.462 e. The summed E-state index contributed by atoms with van der Waals surface area (Å²) in [5.74, 6) is -3.94. The van der Waals surface area contributed by atoms with Crippen LogP contribution in [-0.2, 0) is 61.8 Å². The van der Waals surface area contributed by atoms with E-state index >= 15 is 0 Å². The first-order valence-electron chi connectivity index (χ1n) is 24.8. The molecule has 13 heteroatoms. The van der Waals surface area contributed by atoms with Crippen LogP contribution in [0.5, 0.6) is 0 Å². The molecule has 9 rings (SSSR count). The number of ether oxygens (including phenoxy) is 9. The van der Waals surface area contributed by atoms with Gasteiger partial charge in [-0.05, 0) is 192 Å². The van der Waals surface area contributed by atoms with E-state index in [1.54, 1.807) is 27.7 Å². The molecular weight excluding hydrogens is 821 g/mol. The highest BCUT2D eigenvalue weighted by molar-refractivity contribution is 6.16. The SMILES string of the molecule is CCOC(=O)C(C(=O)OCC)=C1C2CC3OC3(CCC3OC3(C)CCC3OC3(C)C)CC2C(=C(C(=O)OCC)C(=O)OCC)C2CC3OC3(CCC3CC3(C)CCC3OC3(C)C)CC12. The Balaban J connectivity index is 1.05. The van der Waals surface area contributed by atoms with Gasteiger partial charge in [0.1, 0.15) is 11.1 Å². The van der Waals surface area contributed by atoms with E-state index in [1.807, 2.05) is 0 Å². The lowest BCUT2D eigenvalue weighted by Gasteiger charge is -2.51. The third kappa shape index (κ3) is 8.53. The maximum absolute atomic E-state index is 14.2. The zero-order valence-corrected chi connectivity index (χ0v) is 40.1. The number of esters is 4. The maximum Gasteiger partial charge on any atom is 0.345 e. The maximum atomic E-state index is 14.2. The van der Waals surface area contributed by atoms with Gasteiger partial charge in [0, 0.05) is 0 Å². The van der Waals surface area contributed by atoms with Crippen molar-refractivity contribution in [3.05, 3.63) is 22.3 Å². The monoisotopic (exact) mass is 895 g/mol. The molecule has 0 spiro atoms. The lowest BCUT2D eigenvalue weighted by atomic mass is 9.51. The second-order valence-electron chi connectivity index (χ2n) is 22.2. The van der Waals surface area contributed by atoms with Gasteiger partial charge >= 0.3 is 23.9 Å². The Morgan fingerprint density at radius 1 is 0.484 bits per heavy atom. The molecule has 9 aliphatic rings. The molecule has 4 saturated carbocycles. The lowest BCUT2D eigenvalue weighted by Crippen LogP contribution is -2.49. The van der Waals surface area contributed by atoms with Crippen LogP contribution in [0.2, 0.25) is 0 Å². The summed E-state index contributed by atoms with van der Waals surface area (Å²) in [4.78, 5) is 56.9. The predicted molar refractivity (Wildman–Crippen MR) is 233 cm³/mol. The summed E-state index contributed by atoms with van der Waals surface area (Å²) >= 11 is 0. The third-order valence-electron chi connectivity index (χ3n) is 17.5. The molecule has 9 fully saturated rings. The molecule has 14 atom stereocenters. The minimum absolute atomic E-state index is 0.0142. The standard InChI is InChI=1S/C51H74O13/c1-11-56-42(52)40(43(53)57-12-2)38-30-24-37-51(64-37,22-18-35-49(10,62-35)20-17-34-47(7,8)61-34)27-32(30)39(41(44(54)58-13-3)45(55)59-14-4)29-23-36-50(63-36,26-31(29)38)21-15-28-25-48(28,9)19-16-33-46(5,6)60-33/h28-37H,11-27H2,1-10H3. The number of epoxide rings is 5. The van der Waals surface area contributed by atoms with Gasteiger partial charge < -0.3 is 42.6 Å². The number of hydrogen-bond donors (Lipinski definition) is 0. The fourth-order valence-corrected chi connectivity index (χ4v) is 13.2. The van der Waals surface area contributed by atoms with Gasteiger partial charge in [0.05, 0.1) is 85.0 Å². The van der Waals surface area contributed by atoms with Crippen molar-refractivity contribution >= 4 is 23.9 Å². The lowest BCUT2D eigenvalue weighted by molar-refractivity contribution is -0.149. The van der Waals surface area contributed by atoms with Crippen LogP contribution in [0.3, 0.4) is 0 Å². The van der Waals surface area contributed by atoms with Gasteiger partial charge in [-0.25, -0.2) is 19.2 Å². The summed E-state index contributed by atoms with van der Waals surface area (Å²) in [5, 5.41) is 0. The highest BCUT2D eigenvalue weighted by Crippen LogP contribution is 2.69. The third-order valence-corrected chi connectivity index (χ3v) is 17.5. The van der Waals surface area contributed by atoms with Crippen molar-refractivity contribution < 1.29 is 61.8 Å². The van der Waals surface area contributed by atoms with E-state index < -0.39 is 58.8 Å². The van der Waals surface area contributed by atoms with Crippen molar-refractivity contribution in [1.29, 1.82) is 0 Å². The van der Waals surface area contributed by atoms with Crippen molar-refractivity contribution in [2.75, 3.05) is 26.4 Å². The van der Waals surface area contributed by atoms with Crippen molar-refractivity contribution in [1.82, 2.24) is 0 Å². The van der Waals surface area contributed by atoms with E-state index in [0.29, 0.717) is 48.9 Å². The van der Waals surface area contributed by atoms with Gasteiger partial charge in [-0.3, -0.25) is 0 Å². The predicted octanol–water partition coefficient (Wildman–Crippen LogP) is 7.83. The van der Waals surface area contributed by atoms with Gasteiger partial charge in [0.15, 0.2) is 0 Å². The zero-order valence-electron chi connectivity index (χ0n) is 40.1. The number of carbonyl (C=O) groups excluding carboxylic acids is 4. The molecule has 0 amide bonds. The van der Waals surface area contributed by atoms with Crippen LogP contribution in [0, 0.1) is 35.0 Å². The van der Waals surface area contributed by atoms with Gasteiger partial charge in [0.2, 0.25) is 0 Å². The summed E-state index contributed by atoms with van der Waals surface area (Å²) < 4.78 is 54.3. The molecule has 64 heavy (non-hydrogen) atoms. The molecule has 0 bridgehead atoms. The zero-order chi connectivity index (χ0) is 45.8. The first-order chi connectivity index (χ1) is 30.3. The Bertz CT molecular complexity index is 1790. The second kappa shape index (κ2) is 16.4. The van der Waals surface area contributed by atoms with Crippen molar-refractivity contribution in [3.63, 3.8) is 0 Å². The number of rotatable bonds is 20. The summed E-state index contributed by atoms with van der Waals surface area (Å²) in [6.07, 6.45) is 11.2. The average molecular weight is 895 g/mol. The fourth-order valence-electron chi connectivity index (χ4n) is 13.2. The molecule has 0 aromatic rings. The number of hydrogen-bond acceptors (Lipinski definition) is 13. The summed E-state index contributed by atoms with van der Waals surface area (Å²) in [6, 6.07) is 0. The fraction of sp³-hybridized carbons (Fsp3) is 0.843. The molecule has 5 heterocycles. The minimum atomic E-state index is -0.712.